The molecule has 0 aliphatic heterocycles. The van der Waals surface area contributed by atoms with Gasteiger partial charge in [-0.3, -0.25) is 4.21 Å². The van der Waals surface area contributed by atoms with E-state index in [1.54, 1.807) is 0 Å². The molecule has 2 aromatic rings. The van der Waals surface area contributed by atoms with Crippen molar-refractivity contribution in [3.8, 4) is 0 Å². The second-order valence-corrected chi connectivity index (χ2v) is 5.83. The van der Waals surface area contributed by atoms with Crippen LogP contribution in [0.2, 0.25) is 5.02 Å². The molecule has 0 aliphatic carbocycles. The van der Waals surface area contributed by atoms with Crippen LogP contribution < -0.4 is 5.73 Å². The standard InChI is InChI=1S/C13H10ClF2NOS/c14-9-1-2-13(16)8(3-9)7-19(18)12-5-10(15)4-11(17)6-12/h1-6H,7,17H2. The molecule has 1 unspecified atom stereocenters. The van der Waals surface area contributed by atoms with Gasteiger partial charge in [0.15, 0.2) is 0 Å². The number of nitrogen functional groups attached to an aromatic ring is 1. The molecule has 19 heavy (non-hydrogen) atoms. The molecule has 2 rings (SSSR count). The summed E-state index contributed by atoms with van der Waals surface area (Å²) in [5.74, 6) is -1.16. The van der Waals surface area contributed by atoms with Crippen molar-refractivity contribution in [1.29, 1.82) is 0 Å². The molecule has 0 radical (unpaired) electrons. The summed E-state index contributed by atoms with van der Waals surface area (Å²) in [7, 11) is -1.59. The zero-order chi connectivity index (χ0) is 14.0. The Hall–Kier alpha value is -1.46. The second-order valence-electron chi connectivity index (χ2n) is 3.95. The minimum absolute atomic E-state index is 0.0880. The van der Waals surface area contributed by atoms with Crippen LogP contribution >= 0.6 is 11.6 Å². The van der Waals surface area contributed by atoms with E-state index in [0.29, 0.717) is 5.02 Å². The van der Waals surface area contributed by atoms with E-state index in [1.165, 1.54) is 24.3 Å². The summed E-state index contributed by atoms with van der Waals surface area (Å²) in [6, 6.07) is 7.66. The molecular formula is C13H10ClF2NOS. The Kier molecular flexibility index (Phi) is 4.17. The lowest BCUT2D eigenvalue weighted by atomic mass is 10.2. The molecule has 6 heteroatoms. The lowest BCUT2D eigenvalue weighted by Gasteiger charge is -2.06. The summed E-state index contributed by atoms with van der Waals surface area (Å²) in [5.41, 5.74) is 5.87. The molecule has 0 heterocycles. The average molecular weight is 302 g/mol. The van der Waals surface area contributed by atoms with Gasteiger partial charge in [-0.15, -0.1) is 0 Å². The van der Waals surface area contributed by atoms with Gasteiger partial charge in [0.1, 0.15) is 11.6 Å². The highest BCUT2D eigenvalue weighted by Gasteiger charge is 2.11. The summed E-state index contributed by atoms with van der Waals surface area (Å²) in [6.07, 6.45) is 0. The van der Waals surface area contributed by atoms with Gasteiger partial charge in [0.05, 0.1) is 16.6 Å². The maximum atomic E-state index is 13.5. The zero-order valence-corrected chi connectivity index (χ0v) is 11.3. The molecule has 1 atom stereocenters. The highest BCUT2D eigenvalue weighted by atomic mass is 35.5. The van der Waals surface area contributed by atoms with E-state index < -0.39 is 22.4 Å². The third kappa shape index (κ3) is 3.52. The topological polar surface area (TPSA) is 43.1 Å². The van der Waals surface area contributed by atoms with Gasteiger partial charge in [-0.2, -0.15) is 0 Å². The largest absolute Gasteiger partial charge is 0.399 e. The molecule has 0 bridgehead atoms. The van der Waals surface area contributed by atoms with Crippen LogP contribution in [-0.2, 0) is 16.6 Å². The number of hydrogen-bond acceptors (Lipinski definition) is 2. The molecule has 0 amide bonds. The van der Waals surface area contributed by atoms with Gasteiger partial charge in [-0.1, -0.05) is 11.6 Å². The quantitative estimate of drug-likeness (QED) is 0.882. The van der Waals surface area contributed by atoms with Crippen molar-refractivity contribution in [3.63, 3.8) is 0 Å². The number of anilines is 1. The van der Waals surface area contributed by atoms with Crippen LogP contribution in [-0.4, -0.2) is 4.21 Å². The molecule has 0 aromatic heterocycles. The monoisotopic (exact) mass is 301 g/mol. The molecule has 0 fully saturated rings. The Bertz CT molecular complexity index is 628. The zero-order valence-electron chi connectivity index (χ0n) is 9.70. The van der Waals surface area contributed by atoms with Crippen molar-refractivity contribution in [3.05, 3.63) is 58.6 Å². The summed E-state index contributed by atoms with van der Waals surface area (Å²) < 4.78 is 38.7. The van der Waals surface area contributed by atoms with Crippen LogP contribution in [0.1, 0.15) is 5.56 Å². The highest BCUT2D eigenvalue weighted by Crippen LogP contribution is 2.21. The Morgan fingerprint density at radius 1 is 1.16 bits per heavy atom. The van der Waals surface area contributed by atoms with Crippen molar-refractivity contribution in [1.82, 2.24) is 0 Å². The first kappa shape index (κ1) is 14.0. The van der Waals surface area contributed by atoms with Crippen molar-refractivity contribution in [2.75, 3.05) is 5.73 Å². The van der Waals surface area contributed by atoms with Gasteiger partial charge in [0.25, 0.3) is 0 Å². The van der Waals surface area contributed by atoms with Crippen molar-refractivity contribution >= 4 is 28.1 Å². The second kappa shape index (κ2) is 5.67. The third-order valence-electron chi connectivity index (χ3n) is 2.45. The van der Waals surface area contributed by atoms with Crippen molar-refractivity contribution in [2.45, 2.75) is 10.6 Å². The van der Waals surface area contributed by atoms with E-state index in [2.05, 4.69) is 0 Å². The Labute approximate surface area is 116 Å². The van der Waals surface area contributed by atoms with E-state index in [-0.39, 0.29) is 21.9 Å². The Morgan fingerprint density at radius 2 is 1.89 bits per heavy atom. The summed E-state index contributed by atoms with van der Waals surface area (Å²) >= 11 is 5.75. The number of benzene rings is 2. The van der Waals surface area contributed by atoms with E-state index in [9.17, 15) is 13.0 Å². The Balaban J connectivity index is 2.28. The normalized spacial score (nSPS) is 12.4. The minimum atomic E-state index is -1.59. The van der Waals surface area contributed by atoms with Gasteiger partial charge < -0.3 is 5.73 Å². The summed E-state index contributed by atoms with van der Waals surface area (Å²) in [5, 5.41) is 0.354. The molecule has 0 aliphatic rings. The lowest BCUT2D eigenvalue weighted by Crippen LogP contribution is -2.01. The van der Waals surface area contributed by atoms with Crippen LogP contribution in [0.4, 0.5) is 14.5 Å². The molecule has 2 aromatic carbocycles. The van der Waals surface area contributed by atoms with E-state index in [0.717, 1.165) is 12.1 Å². The van der Waals surface area contributed by atoms with Crippen LogP contribution in [0, 0.1) is 11.6 Å². The van der Waals surface area contributed by atoms with Crippen molar-refractivity contribution < 1.29 is 13.0 Å². The first-order valence-electron chi connectivity index (χ1n) is 5.34. The predicted molar refractivity (Wildman–Crippen MR) is 72.3 cm³/mol. The fourth-order valence-electron chi connectivity index (χ4n) is 1.59. The smallest absolute Gasteiger partial charge is 0.127 e. The first-order valence-corrected chi connectivity index (χ1v) is 7.04. The number of hydrogen-bond donors (Lipinski definition) is 1. The van der Waals surface area contributed by atoms with E-state index >= 15 is 0 Å². The molecule has 0 saturated heterocycles. The number of rotatable bonds is 3. The van der Waals surface area contributed by atoms with Gasteiger partial charge in [0, 0.05) is 21.2 Å². The fraction of sp³-hybridized carbons (Fsp3) is 0.0769. The first-order chi connectivity index (χ1) is 8.95. The molecule has 2 nitrogen and oxygen atoms in total. The Morgan fingerprint density at radius 3 is 2.58 bits per heavy atom. The molecule has 0 saturated carbocycles. The summed E-state index contributed by atoms with van der Waals surface area (Å²) in [6.45, 7) is 0. The van der Waals surface area contributed by atoms with Crippen LogP contribution in [0.3, 0.4) is 0 Å². The van der Waals surface area contributed by atoms with E-state index in [4.69, 9.17) is 17.3 Å². The predicted octanol–water partition coefficient (Wildman–Crippen LogP) is 3.51. The van der Waals surface area contributed by atoms with Gasteiger partial charge in [0.2, 0.25) is 0 Å². The molecule has 100 valence electrons. The van der Waals surface area contributed by atoms with Gasteiger partial charge in [-0.25, -0.2) is 8.78 Å². The average Bonchev–Trinajstić information content (AvgIpc) is 2.32. The van der Waals surface area contributed by atoms with Crippen molar-refractivity contribution in [2.24, 2.45) is 0 Å². The molecular weight excluding hydrogens is 292 g/mol. The van der Waals surface area contributed by atoms with Gasteiger partial charge in [-0.05, 0) is 36.4 Å². The summed E-state index contributed by atoms with van der Waals surface area (Å²) in [4.78, 5) is 0.219. The van der Waals surface area contributed by atoms with Crippen LogP contribution in [0.25, 0.3) is 0 Å². The molecule has 0 spiro atoms. The van der Waals surface area contributed by atoms with Crippen LogP contribution in [0.15, 0.2) is 41.3 Å². The minimum Gasteiger partial charge on any atom is -0.399 e. The third-order valence-corrected chi connectivity index (χ3v) is 4.02. The lowest BCUT2D eigenvalue weighted by molar-refractivity contribution is 0.614. The maximum absolute atomic E-state index is 13.5. The SMILES string of the molecule is Nc1cc(F)cc(S(=O)Cc2cc(Cl)ccc2F)c1. The van der Waals surface area contributed by atoms with Gasteiger partial charge >= 0.3 is 0 Å². The van der Waals surface area contributed by atoms with E-state index in [1.807, 2.05) is 0 Å². The van der Waals surface area contributed by atoms with Crippen LogP contribution in [0.5, 0.6) is 0 Å². The maximum Gasteiger partial charge on any atom is 0.127 e. The molecule has 2 N–H and O–H groups in total. The highest BCUT2D eigenvalue weighted by molar-refractivity contribution is 7.84. The number of nitrogens with two attached hydrogens (primary N) is 1. The number of halogens is 3. The fourth-order valence-corrected chi connectivity index (χ4v) is 2.97.